The number of nitrogens with zero attached hydrogens (tertiary/aromatic N) is 1. The monoisotopic (exact) mass is 363 g/mol. The Hall–Kier alpha value is -2.48. The van der Waals surface area contributed by atoms with Gasteiger partial charge in [0, 0.05) is 17.8 Å². The first-order chi connectivity index (χ1) is 12.0. The molecule has 0 spiro atoms. The Kier molecular flexibility index (Phi) is 6.46. The number of aromatic amines is 1. The molecular weight excluding hydrogens is 342 g/mol. The zero-order valence-corrected chi connectivity index (χ0v) is 15.4. The number of hydrogen-bond donors (Lipinski definition) is 2. The van der Waals surface area contributed by atoms with Gasteiger partial charge in [0.05, 0.1) is 25.2 Å². The molecular formula is C17H21N3O4S. The number of rotatable bonds is 7. The van der Waals surface area contributed by atoms with Crippen molar-refractivity contribution in [2.75, 3.05) is 19.5 Å². The van der Waals surface area contributed by atoms with Gasteiger partial charge in [0.15, 0.2) is 5.16 Å². The molecule has 2 rings (SSSR count). The van der Waals surface area contributed by atoms with E-state index in [0.717, 1.165) is 0 Å². The molecule has 7 nitrogen and oxygen atoms in total. The van der Waals surface area contributed by atoms with Crippen LogP contribution in [-0.2, 0) is 4.79 Å². The summed E-state index contributed by atoms with van der Waals surface area (Å²) < 4.78 is 10.5. The minimum absolute atomic E-state index is 0.205. The number of carbonyl (C=O) groups excluding carboxylic acids is 1. The number of carbonyl (C=O) groups is 1. The average Bonchev–Trinajstić information content (AvgIpc) is 2.58. The van der Waals surface area contributed by atoms with E-state index in [1.807, 2.05) is 6.92 Å². The molecule has 1 aromatic heterocycles. The van der Waals surface area contributed by atoms with Crippen molar-refractivity contribution in [2.45, 2.75) is 30.7 Å². The summed E-state index contributed by atoms with van der Waals surface area (Å²) in [7, 11) is 3.09. The van der Waals surface area contributed by atoms with E-state index in [-0.39, 0.29) is 11.5 Å². The molecule has 1 amide bonds. The number of hydrogen-bond acceptors (Lipinski definition) is 6. The first-order valence-corrected chi connectivity index (χ1v) is 8.62. The Labute approximate surface area is 150 Å². The maximum absolute atomic E-state index is 12.6. The van der Waals surface area contributed by atoms with E-state index >= 15 is 0 Å². The minimum Gasteiger partial charge on any atom is -0.497 e. The number of benzene rings is 1. The van der Waals surface area contributed by atoms with Crippen LogP contribution in [0.3, 0.4) is 0 Å². The van der Waals surface area contributed by atoms with E-state index < -0.39 is 5.25 Å². The fourth-order valence-electron chi connectivity index (χ4n) is 2.19. The number of anilines is 1. The van der Waals surface area contributed by atoms with Crippen molar-refractivity contribution in [3.63, 3.8) is 0 Å². The summed E-state index contributed by atoms with van der Waals surface area (Å²) >= 11 is 1.22. The van der Waals surface area contributed by atoms with Crippen LogP contribution in [0.1, 0.15) is 19.0 Å². The van der Waals surface area contributed by atoms with Gasteiger partial charge in [-0.2, -0.15) is 0 Å². The highest BCUT2D eigenvalue weighted by molar-refractivity contribution is 8.00. The number of nitrogens with one attached hydrogen (secondary N) is 2. The second-order valence-electron chi connectivity index (χ2n) is 5.26. The zero-order valence-electron chi connectivity index (χ0n) is 14.6. The van der Waals surface area contributed by atoms with E-state index in [9.17, 15) is 9.59 Å². The lowest BCUT2D eigenvalue weighted by Crippen LogP contribution is -2.25. The van der Waals surface area contributed by atoms with Crippen LogP contribution in [0.25, 0.3) is 0 Å². The number of ether oxygens (including phenoxy) is 2. The molecule has 0 aliphatic carbocycles. The van der Waals surface area contributed by atoms with Crippen LogP contribution >= 0.6 is 11.8 Å². The zero-order chi connectivity index (χ0) is 18.4. The Morgan fingerprint density at radius 1 is 1.32 bits per heavy atom. The Morgan fingerprint density at radius 3 is 2.68 bits per heavy atom. The van der Waals surface area contributed by atoms with Gasteiger partial charge in [-0.3, -0.25) is 9.59 Å². The van der Waals surface area contributed by atoms with Crippen molar-refractivity contribution < 1.29 is 14.3 Å². The first kappa shape index (κ1) is 18.9. The number of thioether (sulfide) groups is 1. The van der Waals surface area contributed by atoms with Crippen LogP contribution in [0, 0.1) is 6.92 Å². The molecule has 8 heteroatoms. The van der Waals surface area contributed by atoms with E-state index in [1.165, 1.54) is 24.9 Å². The molecule has 0 saturated carbocycles. The van der Waals surface area contributed by atoms with Crippen LogP contribution in [0.4, 0.5) is 5.69 Å². The molecule has 0 aliphatic heterocycles. The SMILES string of the molecule is CCC(Sc1nc(C)cc(=O)[nH]1)C(=O)Nc1cc(OC)ccc1OC. The Bertz CT molecular complexity index is 807. The number of amides is 1. The molecule has 1 aromatic carbocycles. The molecule has 0 saturated heterocycles. The van der Waals surface area contributed by atoms with Crippen molar-refractivity contribution >= 4 is 23.4 Å². The van der Waals surface area contributed by atoms with Crippen LogP contribution in [0.15, 0.2) is 34.2 Å². The van der Waals surface area contributed by atoms with Gasteiger partial charge in [0.2, 0.25) is 5.91 Å². The Balaban J connectivity index is 2.18. The molecule has 0 radical (unpaired) electrons. The highest BCUT2D eigenvalue weighted by atomic mass is 32.2. The van der Waals surface area contributed by atoms with Gasteiger partial charge in [0.1, 0.15) is 11.5 Å². The van der Waals surface area contributed by atoms with Crippen molar-refractivity contribution in [3.8, 4) is 11.5 Å². The fraction of sp³-hybridized carbons (Fsp3) is 0.353. The summed E-state index contributed by atoms with van der Waals surface area (Å²) in [5, 5.41) is 2.86. The third kappa shape index (κ3) is 4.99. The number of methoxy groups -OCH3 is 2. The summed E-state index contributed by atoms with van der Waals surface area (Å²) in [4.78, 5) is 31.1. The maximum Gasteiger partial charge on any atom is 0.251 e. The van der Waals surface area contributed by atoms with Gasteiger partial charge in [-0.05, 0) is 25.5 Å². The second kappa shape index (κ2) is 8.57. The third-order valence-corrected chi connectivity index (χ3v) is 4.68. The lowest BCUT2D eigenvalue weighted by atomic mass is 10.2. The third-order valence-electron chi connectivity index (χ3n) is 3.43. The van der Waals surface area contributed by atoms with Gasteiger partial charge in [-0.15, -0.1) is 0 Å². The Morgan fingerprint density at radius 2 is 2.08 bits per heavy atom. The van der Waals surface area contributed by atoms with Crippen LogP contribution in [0.2, 0.25) is 0 Å². The van der Waals surface area contributed by atoms with Gasteiger partial charge >= 0.3 is 0 Å². The topological polar surface area (TPSA) is 93.3 Å². The van der Waals surface area contributed by atoms with E-state index in [1.54, 1.807) is 32.2 Å². The molecule has 2 N–H and O–H groups in total. The minimum atomic E-state index is -0.416. The van der Waals surface area contributed by atoms with E-state index in [2.05, 4.69) is 15.3 Å². The van der Waals surface area contributed by atoms with Gasteiger partial charge in [-0.1, -0.05) is 18.7 Å². The van der Waals surface area contributed by atoms with Crippen molar-refractivity contribution in [1.82, 2.24) is 9.97 Å². The van der Waals surface area contributed by atoms with Crippen molar-refractivity contribution in [2.24, 2.45) is 0 Å². The van der Waals surface area contributed by atoms with E-state index in [0.29, 0.717) is 34.5 Å². The summed E-state index contributed by atoms with van der Waals surface area (Å²) in [6.45, 7) is 3.63. The highest BCUT2D eigenvalue weighted by Gasteiger charge is 2.21. The molecule has 134 valence electrons. The van der Waals surface area contributed by atoms with Gasteiger partial charge < -0.3 is 19.8 Å². The van der Waals surface area contributed by atoms with Gasteiger partial charge in [0.25, 0.3) is 5.56 Å². The molecule has 25 heavy (non-hydrogen) atoms. The molecule has 1 atom stereocenters. The van der Waals surface area contributed by atoms with Gasteiger partial charge in [-0.25, -0.2) is 4.98 Å². The smallest absolute Gasteiger partial charge is 0.251 e. The summed E-state index contributed by atoms with van der Waals surface area (Å²) in [5.41, 5.74) is 0.896. The highest BCUT2D eigenvalue weighted by Crippen LogP contribution is 2.30. The summed E-state index contributed by atoms with van der Waals surface area (Å²) in [6, 6.07) is 6.58. The van der Waals surface area contributed by atoms with Crippen LogP contribution < -0.4 is 20.3 Å². The first-order valence-electron chi connectivity index (χ1n) is 7.74. The van der Waals surface area contributed by atoms with Crippen molar-refractivity contribution in [3.05, 3.63) is 40.3 Å². The normalized spacial score (nSPS) is 11.7. The summed E-state index contributed by atoms with van der Waals surface area (Å²) in [6.07, 6.45) is 0.570. The molecule has 0 bridgehead atoms. The number of aryl methyl sites for hydroxylation is 1. The van der Waals surface area contributed by atoms with E-state index in [4.69, 9.17) is 9.47 Å². The number of aromatic nitrogens is 2. The lowest BCUT2D eigenvalue weighted by molar-refractivity contribution is -0.115. The fourth-order valence-corrected chi connectivity index (χ4v) is 3.15. The predicted molar refractivity (Wildman–Crippen MR) is 97.7 cm³/mol. The molecule has 0 fully saturated rings. The average molecular weight is 363 g/mol. The quantitative estimate of drug-likeness (QED) is 0.580. The summed E-state index contributed by atoms with van der Waals surface area (Å²) in [5.74, 6) is 0.945. The second-order valence-corrected chi connectivity index (χ2v) is 6.45. The maximum atomic E-state index is 12.6. The van der Waals surface area contributed by atoms with Crippen LogP contribution in [-0.4, -0.2) is 35.3 Å². The molecule has 0 aliphatic rings. The molecule has 1 unspecified atom stereocenters. The predicted octanol–water partition coefficient (Wildman–Crippen LogP) is 2.60. The van der Waals surface area contributed by atoms with Crippen molar-refractivity contribution in [1.29, 1.82) is 0 Å². The standard InChI is InChI=1S/C17H21N3O4S/c1-5-14(25-17-18-10(2)8-15(21)20-17)16(22)19-12-9-11(23-3)6-7-13(12)24-4/h6-9,14H,5H2,1-4H3,(H,19,22)(H,18,20,21). The largest absolute Gasteiger partial charge is 0.497 e. The molecule has 2 aromatic rings. The molecule has 1 heterocycles. The van der Waals surface area contributed by atoms with Crippen LogP contribution in [0.5, 0.6) is 11.5 Å². The lowest BCUT2D eigenvalue weighted by Gasteiger charge is -2.16. The number of H-pyrrole nitrogens is 1.